The number of likely N-dealkylation sites (N-methyl/N-ethyl adjacent to an activating group) is 1. The van der Waals surface area contributed by atoms with E-state index in [1.165, 1.54) is 23.6 Å². The summed E-state index contributed by atoms with van der Waals surface area (Å²) in [6.07, 6.45) is 6.01. The van der Waals surface area contributed by atoms with Gasteiger partial charge in [0.25, 0.3) is 0 Å². The maximum Gasteiger partial charge on any atom is 0.243 e. The lowest BCUT2D eigenvalue weighted by atomic mass is 9.94. The van der Waals surface area contributed by atoms with Crippen LogP contribution in [0, 0.1) is 6.92 Å². The normalized spacial score (nSPS) is 16.1. The fraction of sp³-hybridized carbons (Fsp3) is 0.650. The van der Waals surface area contributed by atoms with Crippen molar-refractivity contribution in [2.75, 3.05) is 32.0 Å². The maximum absolute atomic E-state index is 12.8. The zero-order valence-electron chi connectivity index (χ0n) is 17.0. The van der Waals surface area contributed by atoms with Gasteiger partial charge in [0.2, 0.25) is 15.9 Å². The number of sulfonamides is 1. The Bertz CT molecular complexity index is 739. The fourth-order valence-electron chi connectivity index (χ4n) is 3.74. The smallest absolute Gasteiger partial charge is 0.243 e. The lowest BCUT2D eigenvalue weighted by molar-refractivity contribution is -0.117. The first-order chi connectivity index (χ1) is 12.8. The summed E-state index contributed by atoms with van der Waals surface area (Å²) in [5.74, 6) is -0.113. The Morgan fingerprint density at radius 1 is 1.15 bits per heavy atom. The van der Waals surface area contributed by atoms with Crippen LogP contribution in [0.5, 0.6) is 0 Å². The van der Waals surface area contributed by atoms with Gasteiger partial charge >= 0.3 is 0 Å². The zero-order chi connectivity index (χ0) is 20.0. The number of aryl methyl sites for hydroxylation is 1. The predicted octanol–water partition coefficient (Wildman–Crippen LogP) is 3.23. The van der Waals surface area contributed by atoms with Crippen molar-refractivity contribution in [1.82, 2.24) is 9.21 Å². The molecule has 0 bridgehead atoms. The van der Waals surface area contributed by atoms with Gasteiger partial charge in [-0.15, -0.1) is 0 Å². The third kappa shape index (κ3) is 5.53. The van der Waals surface area contributed by atoms with E-state index in [9.17, 15) is 13.2 Å². The minimum absolute atomic E-state index is 0.113. The first-order valence-corrected chi connectivity index (χ1v) is 11.3. The SMILES string of the molecule is CCN(CC)S(=O)(=O)c1cc(NC(=O)CN(C)C2CCCCC2)ccc1C. The number of nitrogens with zero attached hydrogens (tertiary/aromatic N) is 2. The summed E-state index contributed by atoms with van der Waals surface area (Å²) < 4.78 is 27.1. The van der Waals surface area contributed by atoms with E-state index in [0.717, 1.165) is 12.8 Å². The molecule has 1 saturated carbocycles. The molecule has 0 aromatic heterocycles. The second-order valence-corrected chi connectivity index (χ2v) is 9.23. The van der Waals surface area contributed by atoms with E-state index in [4.69, 9.17) is 0 Å². The number of hydrogen-bond donors (Lipinski definition) is 1. The number of carbonyl (C=O) groups is 1. The van der Waals surface area contributed by atoms with Crippen LogP contribution < -0.4 is 5.32 Å². The van der Waals surface area contributed by atoms with Gasteiger partial charge in [0.1, 0.15) is 0 Å². The van der Waals surface area contributed by atoms with Gasteiger partial charge < -0.3 is 5.32 Å². The van der Waals surface area contributed by atoms with Crippen LogP contribution in [0.2, 0.25) is 0 Å². The van der Waals surface area contributed by atoms with Crippen molar-refractivity contribution in [3.63, 3.8) is 0 Å². The third-order valence-electron chi connectivity index (χ3n) is 5.39. The number of carbonyl (C=O) groups excluding carboxylic acids is 1. The average Bonchev–Trinajstić information content (AvgIpc) is 2.64. The van der Waals surface area contributed by atoms with Crippen LogP contribution in [0.1, 0.15) is 51.5 Å². The van der Waals surface area contributed by atoms with Crippen molar-refractivity contribution in [2.24, 2.45) is 0 Å². The monoisotopic (exact) mass is 395 g/mol. The van der Waals surface area contributed by atoms with Gasteiger partial charge in [0, 0.05) is 24.8 Å². The lowest BCUT2D eigenvalue weighted by Crippen LogP contribution is -2.39. The van der Waals surface area contributed by atoms with Crippen LogP contribution >= 0.6 is 0 Å². The van der Waals surface area contributed by atoms with Crippen molar-refractivity contribution < 1.29 is 13.2 Å². The Kier molecular flexibility index (Phi) is 7.82. The van der Waals surface area contributed by atoms with Crippen molar-refractivity contribution >= 4 is 21.6 Å². The molecule has 6 nitrogen and oxygen atoms in total. The van der Waals surface area contributed by atoms with Crippen LogP contribution in [0.3, 0.4) is 0 Å². The lowest BCUT2D eigenvalue weighted by Gasteiger charge is -2.30. The summed E-state index contributed by atoms with van der Waals surface area (Å²) in [5.41, 5.74) is 1.20. The fourth-order valence-corrected chi connectivity index (χ4v) is 5.45. The summed E-state index contributed by atoms with van der Waals surface area (Å²) in [4.78, 5) is 14.8. The van der Waals surface area contributed by atoms with Crippen molar-refractivity contribution in [2.45, 2.75) is 63.8 Å². The molecule has 1 aromatic rings. The van der Waals surface area contributed by atoms with Crippen LogP contribution in [0.25, 0.3) is 0 Å². The van der Waals surface area contributed by atoms with Crippen LogP contribution in [-0.2, 0) is 14.8 Å². The van der Waals surface area contributed by atoms with Crippen LogP contribution in [0.15, 0.2) is 23.1 Å². The average molecular weight is 396 g/mol. The molecule has 0 saturated heterocycles. The molecular formula is C20H33N3O3S. The molecule has 1 amide bonds. The molecule has 1 aliphatic carbocycles. The van der Waals surface area contributed by atoms with Gasteiger partial charge in [-0.25, -0.2) is 8.42 Å². The first-order valence-electron chi connectivity index (χ1n) is 9.90. The predicted molar refractivity (Wildman–Crippen MR) is 109 cm³/mol. The number of hydrogen-bond acceptors (Lipinski definition) is 4. The van der Waals surface area contributed by atoms with Gasteiger partial charge in [-0.2, -0.15) is 4.31 Å². The van der Waals surface area contributed by atoms with Crippen molar-refractivity contribution in [3.05, 3.63) is 23.8 Å². The Morgan fingerprint density at radius 2 is 1.78 bits per heavy atom. The molecule has 0 radical (unpaired) electrons. The molecule has 7 heteroatoms. The quantitative estimate of drug-likeness (QED) is 0.734. The molecule has 0 unspecified atom stereocenters. The molecule has 2 rings (SSSR count). The molecule has 1 fully saturated rings. The van der Waals surface area contributed by atoms with Gasteiger partial charge in [-0.3, -0.25) is 9.69 Å². The van der Waals surface area contributed by atoms with E-state index >= 15 is 0 Å². The van der Waals surface area contributed by atoms with E-state index in [1.807, 2.05) is 20.9 Å². The number of anilines is 1. The second kappa shape index (κ2) is 9.66. The Hall–Kier alpha value is -1.44. The van der Waals surface area contributed by atoms with Gasteiger partial charge in [-0.05, 0) is 44.5 Å². The number of amides is 1. The van der Waals surface area contributed by atoms with Crippen LogP contribution in [-0.4, -0.2) is 56.3 Å². The molecule has 0 spiro atoms. The largest absolute Gasteiger partial charge is 0.325 e. The number of benzene rings is 1. The van der Waals surface area contributed by atoms with E-state index in [2.05, 4.69) is 10.2 Å². The molecule has 1 N–H and O–H groups in total. The van der Waals surface area contributed by atoms with Gasteiger partial charge in [-0.1, -0.05) is 39.2 Å². The summed E-state index contributed by atoms with van der Waals surface area (Å²) in [5, 5.41) is 2.86. The topological polar surface area (TPSA) is 69.7 Å². The van der Waals surface area contributed by atoms with Gasteiger partial charge in [0.15, 0.2) is 0 Å². The molecule has 27 heavy (non-hydrogen) atoms. The Morgan fingerprint density at radius 3 is 2.37 bits per heavy atom. The Labute approximate surface area is 164 Å². The van der Waals surface area contributed by atoms with E-state index in [0.29, 0.717) is 36.9 Å². The maximum atomic E-state index is 12.8. The molecule has 0 aliphatic heterocycles. The minimum atomic E-state index is -3.56. The highest BCUT2D eigenvalue weighted by Gasteiger charge is 2.24. The van der Waals surface area contributed by atoms with E-state index < -0.39 is 10.0 Å². The summed E-state index contributed by atoms with van der Waals surface area (Å²) in [6.45, 7) is 6.57. The zero-order valence-corrected chi connectivity index (χ0v) is 17.8. The molecule has 0 atom stereocenters. The highest BCUT2D eigenvalue weighted by atomic mass is 32.2. The molecule has 1 aliphatic rings. The van der Waals surface area contributed by atoms with Crippen molar-refractivity contribution in [1.29, 1.82) is 0 Å². The molecular weight excluding hydrogens is 362 g/mol. The number of nitrogens with one attached hydrogen (secondary N) is 1. The van der Waals surface area contributed by atoms with Crippen molar-refractivity contribution in [3.8, 4) is 0 Å². The van der Waals surface area contributed by atoms with E-state index in [-0.39, 0.29) is 10.8 Å². The molecule has 1 aromatic carbocycles. The highest BCUT2D eigenvalue weighted by molar-refractivity contribution is 7.89. The Balaban J connectivity index is 2.10. The summed E-state index contributed by atoms with van der Waals surface area (Å²) in [6, 6.07) is 5.54. The first kappa shape index (κ1) is 21.9. The van der Waals surface area contributed by atoms with Crippen LogP contribution in [0.4, 0.5) is 5.69 Å². The van der Waals surface area contributed by atoms with Gasteiger partial charge in [0.05, 0.1) is 11.4 Å². The standard InChI is InChI=1S/C20H33N3O3S/c1-5-23(6-2)27(25,26)19-14-17(13-12-16(19)3)21-20(24)15-22(4)18-10-8-7-9-11-18/h12-14,18H,5-11,15H2,1-4H3,(H,21,24). The summed E-state index contributed by atoms with van der Waals surface area (Å²) in [7, 11) is -1.57. The number of rotatable bonds is 8. The van der Waals surface area contributed by atoms with E-state index in [1.54, 1.807) is 25.1 Å². The summed E-state index contributed by atoms with van der Waals surface area (Å²) >= 11 is 0. The molecule has 152 valence electrons. The minimum Gasteiger partial charge on any atom is -0.325 e. The third-order valence-corrected chi connectivity index (χ3v) is 7.58. The highest BCUT2D eigenvalue weighted by Crippen LogP contribution is 2.24. The second-order valence-electron chi connectivity index (χ2n) is 7.32. The molecule has 0 heterocycles.